The van der Waals surface area contributed by atoms with Gasteiger partial charge >= 0.3 is 0 Å². The minimum atomic E-state index is 0.744. The number of benzene rings is 1. The van der Waals surface area contributed by atoms with Crippen LogP contribution >= 0.6 is 11.6 Å². The van der Waals surface area contributed by atoms with Crippen LogP contribution in [0.3, 0.4) is 0 Å². The summed E-state index contributed by atoms with van der Waals surface area (Å²) >= 11 is 5.81. The summed E-state index contributed by atoms with van der Waals surface area (Å²) in [4.78, 5) is 3.86. The van der Waals surface area contributed by atoms with E-state index in [1.54, 1.807) is 13.3 Å². The van der Waals surface area contributed by atoms with Crippen LogP contribution in [0.2, 0.25) is 5.02 Å². The number of aliphatic imine (C=N–C) groups is 1. The maximum Gasteiger partial charge on any atom is 0.0493 e. The van der Waals surface area contributed by atoms with Gasteiger partial charge in [0.15, 0.2) is 0 Å². The van der Waals surface area contributed by atoms with Crippen molar-refractivity contribution in [2.24, 2.45) is 4.99 Å². The Morgan fingerprint density at radius 3 is 2.70 bits per heavy atom. The van der Waals surface area contributed by atoms with Crippen molar-refractivity contribution in [3.05, 3.63) is 34.9 Å². The van der Waals surface area contributed by atoms with Crippen LogP contribution < -0.4 is 0 Å². The van der Waals surface area contributed by atoms with E-state index in [0.717, 1.165) is 10.6 Å². The summed E-state index contributed by atoms with van der Waals surface area (Å²) in [7, 11) is 1.73. The number of hydrogen-bond acceptors (Lipinski definition) is 1. The second kappa shape index (κ2) is 3.37. The van der Waals surface area contributed by atoms with Crippen molar-refractivity contribution in [2.45, 2.75) is 0 Å². The van der Waals surface area contributed by atoms with Crippen molar-refractivity contribution in [2.75, 3.05) is 7.05 Å². The lowest BCUT2D eigenvalue weighted by Gasteiger charge is -1.93. The molecule has 0 aromatic heterocycles. The molecule has 1 nitrogen and oxygen atoms in total. The number of hydrogen-bond donors (Lipinski definition) is 0. The van der Waals surface area contributed by atoms with Crippen molar-refractivity contribution < 1.29 is 0 Å². The second-order valence-electron chi connectivity index (χ2n) is 1.91. The minimum Gasteiger partial charge on any atom is -0.296 e. The Labute approximate surface area is 65.4 Å². The molecule has 0 aliphatic carbocycles. The first kappa shape index (κ1) is 7.29. The standard InChI is InChI=1S/C8H8ClN/c1-10-6-7-4-2-3-5-8(7)9/h2-6H,1H3. The molecule has 0 radical (unpaired) electrons. The Bertz CT molecular complexity index is 243. The van der Waals surface area contributed by atoms with Crippen molar-refractivity contribution in [3.8, 4) is 0 Å². The van der Waals surface area contributed by atoms with Crippen molar-refractivity contribution >= 4 is 17.8 Å². The average Bonchev–Trinajstić information content (AvgIpc) is 1.94. The molecule has 0 aliphatic rings. The Hall–Kier alpha value is -0.820. The fourth-order valence-corrected chi connectivity index (χ4v) is 0.903. The molecule has 0 amide bonds. The molecule has 1 rings (SSSR count). The normalized spacial score (nSPS) is 10.6. The molecule has 52 valence electrons. The molecule has 1 aromatic rings. The Morgan fingerprint density at radius 1 is 1.40 bits per heavy atom. The third kappa shape index (κ3) is 1.58. The lowest BCUT2D eigenvalue weighted by molar-refractivity contribution is 1.46. The first-order valence-electron chi connectivity index (χ1n) is 3.01. The van der Waals surface area contributed by atoms with Crippen molar-refractivity contribution in [1.82, 2.24) is 0 Å². The highest BCUT2D eigenvalue weighted by molar-refractivity contribution is 6.33. The van der Waals surface area contributed by atoms with Crippen LogP contribution in [-0.2, 0) is 0 Å². The van der Waals surface area contributed by atoms with Gasteiger partial charge < -0.3 is 0 Å². The van der Waals surface area contributed by atoms with E-state index in [1.165, 1.54) is 0 Å². The van der Waals surface area contributed by atoms with Crippen LogP contribution in [0.5, 0.6) is 0 Å². The molecule has 0 fully saturated rings. The van der Waals surface area contributed by atoms with Crippen LogP contribution in [0.15, 0.2) is 29.3 Å². The van der Waals surface area contributed by atoms with Gasteiger partial charge in [-0.25, -0.2) is 0 Å². The fourth-order valence-electron chi connectivity index (χ4n) is 0.719. The molecular formula is C8H8ClN. The predicted molar refractivity (Wildman–Crippen MR) is 45.0 cm³/mol. The van der Waals surface area contributed by atoms with Gasteiger partial charge in [-0.05, 0) is 6.07 Å². The largest absolute Gasteiger partial charge is 0.296 e. The van der Waals surface area contributed by atoms with Crippen LogP contribution in [0.25, 0.3) is 0 Å². The average molecular weight is 154 g/mol. The summed E-state index contributed by atoms with van der Waals surface area (Å²) in [5.74, 6) is 0. The van der Waals surface area contributed by atoms with E-state index in [-0.39, 0.29) is 0 Å². The van der Waals surface area contributed by atoms with Crippen molar-refractivity contribution in [1.29, 1.82) is 0 Å². The molecule has 0 aliphatic heterocycles. The molecule has 0 atom stereocenters. The van der Waals surface area contributed by atoms with E-state index in [9.17, 15) is 0 Å². The summed E-state index contributed by atoms with van der Waals surface area (Å²) in [5.41, 5.74) is 0.965. The number of nitrogens with zero attached hydrogens (tertiary/aromatic N) is 1. The molecule has 0 saturated heterocycles. The van der Waals surface area contributed by atoms with Gasteiger partial charge in [0.05, 0.1) is 0 Å². The van der Waals surface area contributed by atoms with E-state index in [1.807, 2.05) is 24.3 Å². The molecule has 0 N–H and O–H groups in total. The van der Waals surface area contributed by atoms with E-state index in [4.69, 9.17) is 11.6 Å². The third-order valence-corrected chi connectivity index (χ3v) is 1.52. The molecular weight excluding hydrogens is 146 g/mol. The van der Waals surface area contributed by atoms with Gasteiger partial charge in [-0.2, -0.15) is 0 Å². The number of halogens is 1. The monoisotopic (exact) mass is 153 g/mol. The molecule has 0 saturated carbocycles. The third-order valence-electron chi connectivity index (χ3n) is 1.17. The fraction of sp³-hybridized carbons (Fsp3) is 0.125. The molecule has 0 spiro atoms. The van der Waals surface area contributed by atoms with E-state index in [0.29, 0.717) is 0 Å². The summed E-state index contributed by atoms with van der Waals surface area (Å²) in [6.07, 6.45) is 1.74. The first-order valence-corrected chi connectivity index (χ1v) is 3.39. The molecule has 0 heterocycles. The van der Waals surface area contributed by atoms with Gasteiger partial charge in [-0.3, -0.25) is 4.99 Å². The van der Waals surface area contributed by atoms with Crippen LogP contribution in [0.4, 0.5) is 0 Å². The topological polar surface area (TPSA) is 12.4 Å². The van der Waals surface area contributed by atoms with Gasteiger partial charge in [-0.1, -0.05) is 29.8 Å². The summed E-state index contributed by atoms with van der Waals surface area (Å²) < 4.78 is 0. The van der Waals surface area contributed by atoms with Crippen molar-refractivity contribution in [3.63, 3.8) is 0 Å². The maximum atomic E-state index is 5.81. The Morgan fingerprint density at radius 2 is 2.10 bits per heavy atom. The quantitative estimate of drug-likeness (QED) is 0.550. The second-order valence-corrected chi connectivity index (χ2v) is 2.32. The zero-order valence-electron chi connectivity index (χ0n) is 5.71. The Balaban J connectivity index is 3.03. The maximum absolute atomic E-state index is 5.81. The molecule has 1 aromatic carbocycles. The smallest absolute Gasteiger partial charge is 0.0493 e. The zero-order valence-corrected chi connectivity index (χ0v) is 6.47. The van der Waals surface area contributed by atoms with Crippen LogP contribution in [0, 0.1) is 0 Å². The Kier molecular flexibility index (Phi) is 2.46. The first-order chi connectivity index (χ1) is 4.84. The SMILES string of the molecule is CN=Cc1ccccc1Cl. The lowest BCUT2D eigenvalue weighted by atomic mass is 10.2. The highest BCUT2D eigenvalue weighted by Crippen LogP contribution is 2.11. The van der Waals surface area contributed by atoms with E-state index >= 15 is 0 Å². The molecule has 10 heavy (non-hydrogen) atoms. The minimum absolute atomic E-state index is 0.744. The van der Waals surface area contributed by atoms with Gasteiger partial charge in [0, 0.05) is 23.8 Å². The highest BCUT2D eigenvalue weighted by Gasteiger charge is 1.91. The van der Waals surface area contributed by atoms with E-state index < -0.39 is 0 Å². The zero-order chi connectivity index (χ0) is 7.40. The molecule has 2 heteroatoms. The molecule has 0 unspecified atom stereocenters. The van der Waals surface area contributed by atoms with Gasteiger partial charge in [-0.15, -0.1) is 0 Å². The lowest BCUT2D eigenvalue weighted by Crippen LogP contribution is -1.80. The summed E-state index contributed by atoms with van der Waals surface area (Å²) in [6, 6.07) is 7.60. The summed E-state index contributed by atoms with van der Waals surface area (Å²) in [6.45, 7) is 0. The summed E-state index contributed by atoms with van der Waals surface area (Å²) in [5, 5.41) is 0.744. The highest BCUT2D eigenvalue weighted by atomic mass is 35.5. The predicted octanol–water partition coefficient (Wildman–Crippen LogP) is 2.39. The van der Waals surface area contributed by atoms with E-state index in [2.05, 4.69) is 4.99 Å². The van der Waals surface area contributed by atoms with Gasteiger partial charge in [0.1, 0.15) is 0 Å². The van der Waals surface area contributed by atoms with Gasteiger partial charge in [0.25, 0.3) is 0 Å². The van der Waals surface area contributed by atoms with Crippen LogP contribution in [0.1, 0.15) is 5.56 Å². The number of rotatable bonds is 1. The molecule has 0 bridgehead atoms. The van der Waals surface area contributed by atoms with Crippen LogP contribution in [-0.4, -0.2) is 13.3 Å². The van der Waals surface area contributed by atoms with Gasteiger partial charge in [0.2, 0.25) is 0 Å².